The number of unbranched alkanes of at least 4 members (excludes halogenated alkanes) is 5. The number of hydrogen-bond acceptors (Lipinski definition) is 9. The lowest BCUT2D eigenvalue weighted by Gasteiger charge is -2.39. The van der Waals surface area contributed by atoms with E-state index in [1.54, 1.807) is 30.7 Å². The lowest BCUT2D eigenvalue weighted by Crippen LogP contribution is -2.60. The van der Waals surface area contributed by atoms with Crippen molar-refractivity contribution in [3.8, 4) is 22.6 Å². The Morgan fingerprint density at radius 2 is 1.63 bits per heavy atom. The highest BCUT2D eigenvalue weighted by Crippen LogP contribution is 2.38. The van der Waals surface area contributed by atoms with Gasteiger partial charge in [0.25, 0.3) is 5.56 Å². The summed E-state index contributed by atoms with van der Waals surface area (Å²) in [5.41, 5.74) is 3.09. The molecule has 292 valence electrons. The third-order valence-electron chi connectivity index (χ3n) is 10.3. The summed E-state index contributed by atoms with van der Waals surface area (Å²) in [5, 5.41) is 6.14. The number of piperazine rings is 1. The number of pyridine rings is 1. The SMILES string of the molecule is COc1cc(-c2cn(C)c(=O)c3c2ccn3C)cc(OC)c1CN(C)CC(=O)NCCCCCCCCC(=O)N1CCN(C2CCC(=O)NC2=O)C(=O)C1. The molecule has 0 bridgehead atoms. The Bertz CT molecular complexity index is 1910. The van der Waals surface area contributed by atoms with E-state index >= 15 is 0 Å². The molecule has 0 spiro atoms. The highest BCUT2D eigenvalue weighted by atomic mass is 16.5. The summed E-state index contributed by atoms with van der Waals surface area (Å²) >= 11 is 0. The molecule has 2 aliphatic rings. The zero-order chi connectivity index (χ0) is 38.9. The number of fused-ring (bicyclic) bond motifs is 1. The average molecular weight is 748 g/mol. The van der Waals surface area contributed by atoms with Gasteiger partial charge in [0, 0.05) is 76.5 Å². The van der Waals surface area contributed by atoms with E-state index in [9.17, 15) is 28.8 Å². The van der Waals surface area contributed by atoms with Crippen LogP contribution in [0.2, 0.25) is 0 Å². The van der Waals surface area contributed by atoms with E-state index < -0.39 is 11.9 Å². The number of methoxy groups -OCH3 is 2. The second-order valence-corrected chi connectivity index (χ2v) is 14.3. The predicted octanol–water partition coefficient (Wildman–Crippen LogP) is 2.32. The number of imide groups is 1. The third-order valence-corrected chi connectivity index (χ3v) is 10.3. The minimum Gasteiger partial charge on any atom is -0.496 e. The molecule has 0 radical (unpaired) electrons. The van der Waals surface area contributed by atoms with Gasteiger partial charge in [-0.25, -0.2) is 0 Å². The number of rotatable bonds is 17. The van der Waals surface area contributed by atoms with Gasteiger partial charge in [0.05, 0.1) is 32.9 Å². The van der Waals surface area contributed by atoms with Gasteiger partial charge >= 0.3 is 0 Å². The number of ether oxygens (including phenoxy) is 2. The number of piperidine rings is 1. The number of aryl methyl sites for hydroxylation is 2. The number of aromatic nitrogens is 2. The predicted molar refractivity (Wildman–Crippen MR) is 203 cm³/mol. The van der Waals surface area contributed by atoms with Crippen LogP contribution < -0.4 is 25.7 Å². The van der Waals surface area contributed by atoms with Crippen LogP contribution in [0.25, 0.3) is 22.0 Å². The van der Waals surface area contributed by atoms with Crippen LogP contribution in [-0.2, 0) is 44.6 Å². The lowest BCUT2D eigenvalue weighted by atomic mass is 10.00. The molecule has 5 rings (SSSR count). The maximum Gasteiger partial charge on any atom is 0.274 e. The van der Waals surface area contributed by atoms with E-state index in [4.69, 9.17) is 9.47 Å². The number of nitrogens with zero attached hydrogens (tertiary/aromatic N) is 5. The molecule has 15 nitrogen and oxygen atoms in total. The standard InChI is InChI=1S/C39H53N7O8/c1-42(22-29-31(53-4)20-26(21-32(29)54-5)28-23-44(3)39(52)37-27(28)15-17-43(37)2)24-34(48)40-16-11-9-7-6-8-10-12-35(49)45-18-19-46(36(50)25-45)30-13-14-33(47)41-38(30)51/h15,17,20-21,23,30H,6-14,16,18-19,22,24-25H2,1-5H3,(H,40,48)(H,41,47,51). The minimum absolute atomic E-state index is 0.0367. The Hall–Kier alpha value is -5.18. The molecule has 1 atom stereocenters. The van der Waals surface area contributed by atoms with Crippen LogP contribution in [0.4, 0.5) is 0 Å². The van der Waals surface area contributed by atoms with Gasteiger partial charge in [-0.2, -0.15) is 0 Å². The highest BCUT2D eigenvalue weighted by molar-refractivity contribution is 6.02. The van der Waals surface area contributed by atoms with Crippen molar-refractivity contribution in [3.05, 3.63) is 46.5 Å². The van der Waals surface area contributed by atoms with Crippen LogP contribution in [0, 0.1) is 0 Å². The fraction of sp³-hybridized carbons (Fsp3) is 0.538. The molecule has 2 saturated heterocycles. The first-order valence-electron chi connectivity index (χ1n) is 18.7. The number of carbonyl (C=O) groups is 5. The minimum atomic E-state index is -0.644. The molecule has 0 aliphatic carbocycles. The molecule has 0 saturated carbocycles. The van der Waals surface area contributed by atoms with E-state index in [1.807, 2.05) is 54.2 Å². The molecule has 1 aromatic carbocycles. The third kappa shape index (κ3) is 9.48. The van der Waals surface area contributed by atoms with Crippen LogP contribution in [0.1, 0.15) is 63.4 Å². The molecule has 5 amide bonds. The Morgan fingerprint density at radius 1 is 0.944 bits per heavy atom. The van der Waals surface area contributed by atoms with Crippen LogP contribution in [0.3, 0.4) is 0 Å². The molecular formula is C39H53N7O8. The second kappa shape index (κ2) is 18.2. The number of nitrogens with one attached hydrogen (secondary N) is 2. The van der Waals surface area contributed by atoms with Crippen molar-refractivity contribution in [2.24, 2.45) is 14.1 Å². The smallest absolute Gasteiger partial charge is 0.274 e. The van der Waals surface area contributed by atoms with Crippen LogP contribution in [-0.4, -0.2) is 113 Å². The first-order chi connectivity index (χ1) is 25.9. The number of carbonyl (C=O) groups excluding carboxylic acids is 5. The molecule has 3 aromatic rings. The molecule has 54 heavy (non-hydrogen) atoms. The summed E-state index contributed by atoms with van der Waals surface area (Å²) in [6.07, 6.45) is 10.0. The molecule has 2 N–H and O–H groups in total. The zero-order valence-electron chi connectivity index (χ0n) is 32.1. The van der Waals surface area contributed by atoms with E-state index in [-0.39, 0.29) is 48.7 Å². The fourth-order valence-corrected chi connectivity index (χ4v) is 7.36. The van der Waals surface area contributed by atoms with Gasteiger partial charge in [-0.3, -0.25) is 39.0 Å². The van der Waals surface area contributed by atoms with Crippen molar-refractivity contribution in [3.63, 3.8) is 0 Å². The van der Waals surface area contributed by atoms with Gasteiger partial charge < -0.3 is 33.7 Å². The number of hydrogen-bond donors (Lipinski definition) is 2. The van der Waals surface area contributed by atoms with Gasteiger partial charge in [0.15, 0.2) is 0 Å². The summed E-state index contributed by atoms with van der Waals surface area (Å²) in [5.74, 6) is 0.0984. The maximum absolute atomic E-state index is 12.8. The lowest BCUT2D eigenvalue weighted by molar-refractivity contribution is -0.152. The van der Waals surface area contributed by atoms with Gasteiger partial charge in [0.1, 0.15) is 23.1 Å². The number of amides is 5. The van der Waals surface area contributed by atoms with Crippen molar-refractivity contribution in [1.82, 2.24) is 34.5 Å². The van der Waals surface area contributed by atoms with E-state index in [2.05, 4.69) is 10.6 Å². The normalized spacial score (nSPS) is 16.3. The van der Waals surface area contributed by atoms with Gasteiger partial charge in [-0.05, 0) is 50.1 Å². The van der Waals surface area contributed by atoms with E-state index in [0.717, 1.165) is 60.6 Å². The molecule has 2 fully saturated rings. The quantitative estimate of drug-likeness (QED) is 0.156. The molecule has 1 unspecified atom stereocenters. The monoisotopic (exact) mass is 747 g/mol. The second-order valence-electron chi connectivity index (χ2n) is 14.3. The summed E-state index contributed by atoms with van der Waals surface area (Å²) < 4.78 is 15.0. The largest absolute Gasteiger partial charge is 0.496 e. The first-order valence-corrected chi connectivity index (χ1v) is 18.7. The number of likely N-dealkylation sites (N-methyl/N-ethyl adjacent to an activating group) is 1. The van der Waals surface area contributed by atoms with Crippen LogP contribution >= 0.6 is 0 Å². The summed E-state index contributed by atoms with van der Waals surface area (Å²) in [6.45, 7) is 1.84. The van der Waals surface area contributed by atoms with Gasteiger partial charge in [0.2, 0.25) is 29.5 Å². The van der Waals surface area contributed by atoms with Crippen molar-refractivity contribution in [2.75, 3.05) is 54.0 Å². The number of benzene rings is 1. The fourth-order valence-electron chi connectivity index (χ4n) is 7.36. The van der Waals surface area contributed by atoms with Crippen molar-refractivity contribution in [2.45, 2.75) is 70.4 Å². The average Bonchev–Trinajstić information content (AvgIpc) is 3.53. The summed E-state index contributed by atoms with van der Waals surface area (Å²) in [4.78, 5) is 79.5. The van der Waals surface area contributed by atoms with Crippen molar-refractivity contribution < 1.29 is 33.4 Å². The van der Waals surface area contributed by atoms with Crippen LogP contribution in [0.5, 0.6) is 11.5 Å². The van der Waals surface area contributed by atoms with Crippen molar-refractivity contribution in [1.29, 1.82) is 0 Å². The van der Waals surface area contributed by atoms with Crippen LogP contribution in [0.15, 0.2) is 35.4 Å². The maximum atomic E-state index is 12.8. The summed E-state index contributed by atoms with van der Waals surface area (Å²) in [6, 6.07) is 5.16. The Balaban J connectivity index is 0.982. The molecule has 15 heteroatoms. The highest BCUT2D eigenvalue weighted by Gasteiger charge is 2.37. The molecular weight excluding hydrogens is 694 g/mol. The van der Waals surface area contributed by atoms with Gasteiger partial charge in [-0.1, -0.05) is 25.7 Å². The topological polar surface area (TPSA) is 165 Å². The Morgan fingerprint density at radius 3 is 2.30 bits per heavy atom. The van der Waals surface area contributed by atoms with Crippen molar-refractivity contribution >= 4 is 40.4 Å². The zero-order valence-corrected chi connectivity index (χ0v) is 32.1. The molecule has 4 heterocycles. The van der Waals surface area contributed by atoms with E-state index in [0.29, 0.717) is 56.0 Å². The molecule has 2 aliphatic heterocycles. The first kappa shape index (κ1) is 40.0. The summed E-state index contributed by atoms with van der Waals surface area (Å²) in [7, 11) is 8.67. The Labute approximate surface area is 315 Å². The Kier molecular flexibility index (Phi) is 13.5. The van der Waals surface area contributed by atoms with Gasteiger partial charge in [-0.15, -0.1) is 0 Å². The van der Waals surface area contributed by atoms with E-state index in [1.165, 1.54) is 4.90 Å². The molecule has 2 aromatic heterocycles.